The zero-order valence-electron chi connectivity index (χ0n) is 16.3. The van der Waals surface area contributed by atoms with E-state index in [1.165, 1.54) is 0 Å². The highest BCUT2D eigenvalue weighted by Crippen LogP contribution is 2.17. The quantitative estimate of drug-likeness (QED) is 0.530. The van der Waals surface area contributed by atoms with Gasteiger partial charge in [-0.2, -0.15) is 0 Å². The molecule has 3 aromatic carbocycles. The van der Waals surface area contributed by atoms with Crippen LogP contribution in [0.15, 0.2) is 78.9 Å². The summed E-state index contributed by atoms with van der Waals surface area (Å²) < 4.78 is 5.58. The minimum Gasteiger partial charge on any atom is -0.491 e. The lowest BCUT2D eigenvalue weighted by Crippen LogP contribution is -2.19. The molecule has 0 atom stereocenters. The summed E-state index contributed by atoms with van der Waals surface area (Å²) in [6, 6.07) is 22.7. The van der Waals surface area contributed by atoms with Gasteiger partial charge in [0.2, 0.25) is 0 Å². The van der Waals surface area contributed by atoms with Crippen molar-refractivity contribution in [2.75, 3.05) is 16.0 Å². The Bertz CT molecular complexity index is 953. The maximum atomic E-state index is 12.4. The van der Waals surface area contributed by atoms with Crippen LogP contribution in [0.25, 0.3) is 0 Å². The van der Waals surface area contributed by atoms with E-state index >= 15 is 0 Å². The molecule has 0 aliphatic rings. The average molecular weight is 389 g/mol. The summed E-state index contributed by atoms with van der Waals surface area (Å²) in [7, 11) is 0. The summed E-state index contributed by atoms with van der Waals surface area (Å²) in [5.74, 6) is 0.504. The van der Waals surface area contributed by atoms with Gasteiger partial charge in [-0.05, 0) is 74.5 Å². The molecule has 0 aliphatic carbocycles. The second-order valence-electron chi connectivity index (χ2n) is 6.67. The fourth-order valence-corrected chi connectivity index (χ4v) is 2.61. The SMILES string of the molecule is CC(C)Oc1ccc(C(=O)Nc2ccc(NC(=O)Nc3ccccc3)cc2)cc1. The number of hydrogen-bond acceptors (Lipinski definition) is 3. The number of benzene rings is 3. The molecule has 6 heteroatoms. The van der Waals surface area contributed by atoms with E-state index in [-0.39, 0.29) is 18.0 Å². The molecule has 3 rings (SSSR count). The number of para-hydroxylation sites is 1. The van der Waals surface area contributed by atoms with Gasteiger partial charge in [-0.3, -0.25) is 4.79 Å². The van der Waals surface area contributed by atoms with E-state index < -0.39 is 0 Å². The van der Waals surface area contributed by atoms with Gasteiger partial charge in [0.1, 0.15) is 5.75 Å². The number of amides is 3. The van der Waals surface area contributed by atoms with Crippen LogP contribution in [0.5, 0.6) is 5.75 Å². The van der Waals surface area contributed by atoms with E-state index in [1.54, 1.807) is 60.7 Å². The Morgan fingerprint density at radius 2 is 1.21 bits per heavy atom. The molecule has 3 N–H and O–H groups in total. The molecule has 0 fully saturated rings. The van der Waals surface area contributed by atoms with Crippen molar-refractivity contribution in [3.05, 3.63) is 84.4 Å². The Morgan fingerprint density at radius 1 is 0.690 bits per heavy atom. The standard InChI is InChI=1S/C23H23N3O3/c1-16(2)29-21-14-8-17(9-15-21)22(27)24-19-10-12-20(13-11-19)26-23(28)25-18-6-4-3-5-7-18/h3-16H,1-2H3,(H,24,27)(H2,25,26,28). The summed E-state index contributed by atoms with van der Waals surface area (Å²) in [6.07, 6.45) is 0.0802. The minimum absolute atomic E-state index is 0.0802. The molecule has 0 heterocycles. The fraction of sp³-hybridized carbons (Fsp3) is 0.130. The van der Waals surface area contributed by atoms with Gasteiger partial charge in [0, 0.05) is 22.6 Å². The van der Waals surface area contributed by atoms with Gasteiger partial charge < -0.3 is 20.7 Å². The Kier molecular flexibility index (Phi) is 6.47. The van der Waals surface area contributed by atoms with Crippen LogP contribution in [0.2, 0.25) is 0 Å². The Morgan fingerprint density at radius 3 is 1.76 bits per heavy atom. The molecule has 0 aliphatic heterocycles. The smallest absolute Gasteiger partial charge is 0.323 e. The largest absolute Gasteiger partial charge is 0.491 e. The first-order chi connectivity index (χ1) is 14.0. The van der Waals surface area contributed by atoms with Crippen molar-refractivity contribution in [1.82, 2.24) is 0 Å². The van der Waals surface area contributed by atoms with Crippen LogP contribution in [-0.4, -0.2) is 18.0 Å². The third kappa shape index (κ3) is 6.10. The zero-order chi connectivity index (χ0) is 20.6. The van der Waals surface area contributed by atoms with Gasteiger partial charge in [-0.1, -0.05) is 18.2 Å². The highest BCUT2D eigenvalue weighted by atomic mass is 16.5. The third-order valence-electron chi connectivity index (χ3n) is 3.92. The minimum atomic E-state index is -0.336. The van der Waals surface area contributed by atoms with Gasteiger partial charge in [0.15, 0.2) is 0 Å². The van der Waals surface area contributed by atoms with E-state index in [0.29, 0.717) is 22.6 Å². The molecule has 148 valence electrons. The highest BCUT2D eigenvalue weighted by molar-refractivity contribution is 6.04. The molecule has 3 aromatic rings. The van der Waals surface area contributed by atoms with E-state index in [4.69, 9.17) is 4.74 Å². The number of rotatable bonds is 6. The van der Waals surface area contributed by atoms with Gasteiger partial charge in [0.05, 0.1) is 6.10 Å². The molecule has 0 radical (unpaired) electrons. The molecule has 0 spiro atoms. The summed E-state index contributed by atoms with van der Waals surface area (Å²) >= 11 is 0. The van der Waals surface area contributed by atoms with Crippen LogP contribution in [0.3, 0.4) is 0 Å². The molecular weight excluding hydrogens is 366 g/mol. The topological polar surface area (TPSA) is 79.5 Å². The number of urea groups is 1. The lowest BCUT2D eigenvalue weighted by Gasteiger charge is -2.11. The normalized spacial score (nSPS) is 10.3. The molecule has 6 nitrogen and oxygen atoms in total. The Balaban J connectivity index is 1.54. The molecule has 0 aromatic heterocycles. The average Bonchev–Trinajstić information content (AvgIpc) is 2.70. The maximum Gasteiger partial charge on any atom is 0.323 e. The summed E-state index contributed by atoms with van der Waals surface area (Å²) in [5.41, 5.74) is 2.49. The molecule has 0 saturated carbocycles. The number of nitrogens with one attached hydrogen (secondary N) is 3. The number of carbonyl (C=O) groups excluding carboxylic acids is 2. The van der Waals surface area contributed by atoms with Crippen LogP contribution in [-0.2, 0) is 0 Å². The van der Waals surface area contributed by atoms with Gasteiger partial charge in [-0.25, -0.2) is 4.79 Å². The second kappa shape index (κ2) is 9.41. The lowest BCUT2D eigenvalue weighted by atomic mass is 10.2. The van der Waals surface area contributed by atoms with Crippen molar-refractivity contribution in [3.8, 4) is 5.75 Å². The van der Waals surface area contributed by atoms with Crippen LogP contribution >= 0.6 is 0 Å². The van der Waals surface area contributed by atoms with Gasteiger partial charge in [-0.15, -0.1) is 0 Å². The Labute approximate surface area is 169 Å². The number of ether oxygens (including phenoxy) is 1. The molecule has 0 saturated heterocycles. The molecule has 0 bridgehead atoms. The van der Waals surface area contributed by atoms with Crippen molar-refractivity contribution < 1.29 is 14.3 Å². The number of hydrogen-bond donors (Lipinski definition) is 3. The van der Waals surface area contributed by atoms with Crippen molar-refractivity contribution in [3.63, 3.8) is 0 Å². The summed E-state index contributed by atoms with van der Waals surface area (Å²) in [4.78, 5) is 24.4. The van der Waals surface area contributed by atoms with Crippen LogP contribution in [0.4, 0.5) is 21.9 Å². The number of carbonyl (C=O) groups is 2. The summed E-state index contributed by atoms with van der Waals surface area (Å²) in [6.45, 7) is 3.90. The predicted octanol–water partition coefficient (Wildman–Crippen LogP) is 5.37. The molecule has 29 heavy (non-hydrogen) atoms. The third-order valence-corrected chi connectivity index (χ3v) is 3.92. The van der Waals surface area contributed by atoms with Crippen LogP contribution in [0, 0.1) is 0 Å². The van der Waals surface area contributed by atoms with Crippen molar-refractivity contribution >= 4 is 29.0 Å². The Hall–Kier alpha value is -3.80. The van der Waals surface area contributed by atoms with E-state index in [2.05, 4.69) is 16.0 Å². The summed E-state index contributed by atoms with van der Waals surface area (Å²) in [5, 5.41) is 8.32. The second-order valence-corrected chi connectivity index (χ2v) is 6.67. The fourth-order valence-electron chi connectivity index (χ4n) is 2.61. The van der Waals surface area contributed by atoms with Crippen molar-refractivity contribution in [2.45, 2.75) is 20.0 Å². The first-order valence-electron chi connectivity index (χ1n) is 9.31. The van der Waals surface area contributed by atoms with Gasteiger partial charge in [0.25, 0.3) is 5.91 Å². The van der Waals surface area contributed by atoms with E-state index in [1.807, 2.05) is 32.0 Å². The zero-order valence-corrected chi connectivity index (χ0v) is 16.3. The first kappa shape index (κ1) is 19.9. The van der Waals surface area contributed by atoms with E-state index in [0.717, 1.165) is 5.75 Å². The molecule has 0 unspecified atom stereocenters. The van der Waals surface area contributed by atoms with Crippen LogP contribution < -0.4 is 20.7 Å². The maximum absolute atomic E-state index is 12.4. The monoisotopic (exact) mass is 389 g/mol. The first-order valence-corrected chi connectivity index (χ1v) is 9.31. The predicted molar refractivity (Wildman–Crippen MR) is 116 cm³/mol. The molecular formula is C23H23N3O3. The van der Waals surface area contributed by atoms with Crippen molar-refractivity contribution in [1.29, 1.82) is 0 Å². The highest BCUT2D eigenvalue weighted by Gasteiger charge is 2.08. The van der Waals surface area contributed by atoms with E-state index in [9.17, 15) is 9.59 Å². The number of anilines is 3. The lowest BCUT2D eigenvalue weighted by molar-refractivity contribution is 0.102. The van der Waals surface area contributed by atoms with Crippen LogP contribution in [0.1, 0.15) is 24.2 Å². The van der Waals surface area contributed by atoms with Gasteiger partial charge >= 0.3 is 6.03 Å². The molecule has 3 amide bonds. The van der Waals surface area contributed by atoms with Crippen molar-refractivity contribution in [2.24, 2.45) is 0 Å².